The van der Waals surface area contributed by atoms with Gasteiger partial charge in [-0.25, -0.2) is 4.98 Å². The van der Waals surface area contributed by atoms with E-state index in [4.69, 9.17) is 23.4 Å². The van der Waals surface area contributed by atoms with Crippen molar-refractivity contribution >= 4 is 17.7 Å². The number of furan rings is 1. The minimum Gasteiger partial charge on any atom is -0.496 e. The number of nitrogens with one attached hydrogen (secondary N) is 2. The van der Waals surface area contributed by atoms with Crippen LogP contribution < -0.4 is 29.6 Å². The number of hydrogen-bond acceptors (Lipinski definition) is 9. The van der Waals surface area contributed by atoms with Gasteiger partial charge in [-0.05, 0) is 48.4 Å². The third-order valence-electron chi connectivity index (χ3n) is 7.92. The molecule has 4 aromatic rings. The molecule has 2 aromatic carbocycles. The van der Waals surface area contributed by atoms with E-state index in [0.717, 1.165) is 11.1 Å². The van der Waals surface area contributed by atoms with Gasteiger partial charge in [-0.3, -0.25) is 14.4 Å². The molecular weight excluding hydrogens is 594 g/mol. The highest BCUT2D eigenvalue weighted by atomic mass is 16.5. The number of carbonyl (C=O) groups excluding carboxylic acids is 3. The summed E-state index contributed by atoms with van der Waals surface area (Å²) in [6.07, 6.45) is 5.32. The monoisotopic (exact) mass is 629 g/mol. The van der Waals surface area contributed by atoms with Gasteiger partial charge in [-0.2, -0.15) is 0 Å². The second kappa shape index (κ2) is 13.7. The van der Waals surface area contributed by atoms with Crippen LogP contribution in [0.5, 0.6) is 23.0 Å². The number of carbonyl (C=O) groups is 3. The summed E-state index contributed by atoms with van der Waals surface area (Å²) in [4.78, 5) is 44.9. The van der Waals surface area contributed by atoms with E-state index in [0.29, 0.717) is 41.7 Å². The summed E-state index contributed by atoms with van der Waals surface area (Å²) in [6, 6.07) is 13.5. The Balaban J connectivity index is 1.24. The number of aromatic nitrogens is 2. The molecule has 13 heteroatoms. The van der Waals surface area contributed by atoms with Crippen LogP contribution in [0.2, 0.25) is 0 Å². The first-order valence-corrected chi connectivity index (χ1v) is 14.9. The Kier molecular flexibility index (Phi) is 9.08. The minimum atomic E-state index is -0.594. The molecule has 5 aliphatic rings. The summed E-state index contributed by atoms with van der Waals surface area (Å²) in [6.45, 7) is 0.804. The maximum absolute atomic E-state index is 13.5. The van der Waals surface area contributed by atoms with Gasteiger partial charge in [-0.1, -0.05) is 6.07 Å². The number of nitrogens with zero attached hydrogens (tertiary/aromatic N) is 3. The molecule has 0 saturated carbocycles. The Morgan fingerprint density at radius 3 is 2.67 bits per heavy atom. The molecule has 0 aliphatic carbocycles. The van der Waals surface area contributed by atoms with Crippen LogP contribution in [0.1, 0.15) is 33.9 Å². The van der Waals surface area contributed by atoms with E-state index >= 15 is 0 Å². The molecule has 2 N–H and O–H groups in total. The van der Waals surface area contributed by atoms with Crippen molar-refractivity contribution in [2.45, 2.75) is 38.1 Å². The Bertz CT molecular complexity index is 1700. The Labute approximate surface area is 265 Å². The quantitative estimate of drug-likeness (QED) is 0.340. The third-order valence-corrected chi connectivity index (χ3v) is 7.92. The summed E-state index contributed by atoms with van der Waals surface area (Å²) in [5.74, 6) is 1.84. The lowest BCUT2D eigenvalue weighted by molar-refractivity contribution is -0.124. The molecule has 0 unspecified atom stereocenters. The van der Waals surface area contributed by atoms with Crippen molar-refractivity contribution < 1.29 is 37.7 Å². The van der Waals surface area contributed by atoms with Gasteiger partial charge in [0.05, 0.1) is 39.7 Å². The smallest absolute Gasteiger partial charge is 0.289 e. The van der Waals surface area contributed by atoms with E-state index in [1.54, 1.807) is 60.9 Å². The molecular formula is C33H35N5O8. The van der Waals surface area contributed by atoms with Crippen LogP contribution in [0, 0.1) is 0 Å². The zero-order valence-electron chi connectivity index (χ0n) is 25.6. The van der Waals surface area contributed by atoms with Gasteiger partial charge in [0.25, 0.3) is 11.8 Å². The zero-order chi connectivity index (χ0) is 32.0. The summed E-state index contributed by atoms with van der Waals surface area (Å²) in [5.41, 5.74) is 1.67. The molecule has 13 nitrogen and oxygen atoms in total. The Hall–Kier alpha value is -5.46. The number of aryl methyl sites for hydroxylation is 1. The van der Waals surface area contributed by atoms with Crippen LogP contribution in [0.4, 0.5) is 0 Å². The fourth-order valence-electron chi connectivity index (χ4n) is 5.53. The first-order chi connectivity index (χ1) is 22.4. The SMILES string of the molecule is COc1cc2ccc1CNC(=O)CCc1ccc(c(OC)c1)OCC(=O)N[C@@H]1CN(C(=O)c3ccc(Cn4ccnc4)o3)C[C@H]1O2. The molecule has 4 bridgehead atoms. The van der Waals surface area contributed by atoms with Crippen molar-refractivity contribution in [3.8, 4) is 23.0 Å². The number of amides is 3. The van der Waals surface area contributed by atoms with Crippen molar-refractivity contribution in [1.82, 2.24) is 25.1 Å². The second-order valence-corrected chi connectivity index (χ2v) is 11.1. The molecule has 5 aliphatic heterocycles. The van der Waals surface area contributed by atoms with E-state index in [1.165, 1.54) is 7.11 Å². The predicted octanol–water partition coefficient (Wildman–Crippen LogP) is 2.57. The number of methoxy groups -OCH3 is 2. The number of ether oxygens (including phenoxy) is 4. The lowest BCUT2D eigenvalue weighted by Crippen LogP contribution is -2.46. The van der Waals surface area contributed by atoms with Crippen molar-refractivity contribution in [3.05, 3.63) is 89.9 Å². The van der Waals surface area contributed by atoms with E-state index in [9.17, 15) is 14.4 Å². The van der Waals surface area contributed by atoms with Gasteiger partial charge in [0.2, 0.25) is 5.91 Å². The fourth-order valence-corrected chi connectivity index (χ4v) is 5.53. The van der Waals surface area contributed by atoms with E-state index in [-0.39, 0.29) is 50.2 Å². The first kappa shape index (κ1) is 30.6. The highest BCUT2D eigenvalue weighted by Crippen LogP contribution is 2.30. The van der Waals surface area contributed by atoms with Crippen LogP contribution in [0.25, 0.3) is 0 Å². The fraction of sp³-hybridized carbons (Fsp3) is 0.333. The maximum atomic E-state index is 13.5. The molecule has 7 heterocycles. The van der Waals surface area contributed by atoms with Crippen molar-refractivity contribution in [1.29, 1.82) is 0 Å². The maximum Gasteiger partial charge on any atom is 0.289 e. The highest BCUT2D eigenvalue weighted by molar-refractivity contribution is 5.92. The average molecular weight is 630 g/mol. The summed E-state index contributed by atoms with van der Waals surface area (Å²) < 4.78 is 30.9. The number of rotatable bonds is 5. The lowest BCUT2D eigenvalue weighted by atomic mass is 10.1. The summed E-state index contributed by atoms with van der Waals surface area (Å²) >= 11 is 0. The van der Waals surface area contributed by atoms with Gasteiger partial charge in [0.1, 0.15) is 23.4 Å². The van der Waals surface area contributed by atoms with Crippen molar-refractivity contribution in [2.24, 2.45) is 0 Å². The molecule has 2 atom stereocenters. The second-order valence-electron chi connectivity index (χ2n) is 11.1. The van der Waals surface area contributed by atoms with Crippen molar-refractivity contribution in [3.63, 3.8) is 0 Å². The molecule has 46 heavy (non-hydrogen) atoms. The van der Waals surface area contributed by atoms with Crippen LogP contribution in [-0.2, 0) is 29.1 Å². The van der Waals surface area contributed by atoms with Gasteiger partial charge in [0, 0.05) is 43.5 Å². The Morgan fingerprint density at radius 1 is 1.00 bits per heavy atom. The van der Waals surface area contributed by atoms with Gasteiger partial charge < -0.3 is 43.5 Å². The molecule has 3 amide bonds. The van der Waals surface area contributed by atoms with E-state index < -0.39 is 18.1 Å². The molecule has 0 radical (unpaired) electrons. The highest BCUT2D eigenvalue weighted by Gasteiger charge is 2.39. The minimum absolute atomic E-state index is 0.114. The molecule has 1 saturated heterocycles. The average Bonchev–Trinajstić information content (AvgIpc) is 3.84. The lowest BCUT2D eigenvalue weighted by Gasteiger charge is -2.22. The predicted molar refractivity (Wildman–Crippen MR) is 164 cm³/mol. The van der Waals surface area contributed by atoms with Gasteiger partial charge in [0.15, 0.2) is 23.9 Å². The zero-order valence-corrected chi connectivity index (χ0v) is 25.6. The largest absolute Gasteiger partial charge is 0.496 e. The number of benzene rings is 2. The molecule has 9 rings (SSSR count). The van der Waals surface area contributed by atoms with Crippen LogP contribution in [0.3, 0.4) is 0 Å². The van der Waals surface area contributed by atoms with Gasteiger partial charge in [-0.15, -0.1) is 0 Å². The van der Waals surface area contributed by atoms with Gasteiger partial charge >= 0.3 is 0 Å². The molecule has 0 spiro atoms. The molecule has 2 aromatic heterocycles. The Morgan fingerprint density at radius 2 is 1.87 bits per heavy atom. The topological polar surface area (TPSA) is 146 Å². The van der Waals surface area contributed by atoms with E-state index in [1.807, 2.05) is 22.9 Å². The molecule has 1 fully saturated rings. The van der Waals surface area contributed by atoms with Crippen LogP contribution >= 0.6 is 0 Å². The standard InChI is InChI=1S/C33H35N5O8/c1-42-28-14-23-6-5-22(28)15-35-31(39)10-4-21-3-8-26(29(13-21)43-2)44-19-32(40)36-25-17-38(18-30(25)45-23)33(41)27-9-7-24(46-27)16-37-12-11-34-20-37/h3,5-9,11-14,20,25,30H,4,10,15-19H2,1-2H3,(H,35,39)(H,36,40)/t25-,30-/m1/s1. The number of imidazole rings is 1. The number of likely N-dealkylation sites (tertiary alicyclic amines) is 1. The number of hydrogen-bond donors (Lipinski definition) is 2. The van der Waals surface area contributed by atoms with E-state index in [2.05, 4.69) is 15.6 Å². The third kappa shape index (κ3) is 7.09. The normalized spacial score (nSPS) is 18.6. The molecule has 240 valence electrons. The summed E-state index contributed by atoms with van der Waals surface area (Å²) in [7, 11) is 3.06. The van der Waals surface area contributed by atoms with Crippen LogP contribution in [-0.4, -0.2) is 78.2 Å². The first-order valence-electron chi connectivity index (χ1n) is 14.9. The van der Waals surface area contributed by atoms with Crippen LogP contribution in [0.15, 0.2) is 71.7 Å². The van der Waals surface area contributed by atoms with Crippen molar-refractivity contribution in [2.75, 3.05) is 33.9 Å². The summed E-state index contributed by atoms with van der Waals surface area (Å²) in [5, 5.41) is 5.93.